The lowest BCUT2D eigenvalue weighted by Crippen LogP contribution is -2.42. The quantitative estimate of drug-likeness (QED) is 0.566. The summed E-state index contributed by atoms with van der Waals surface area (Å²) in [7, 11) is 1.72. The molecule has 32 heavy (non-hydrogen) atoms. The van der Waals surface area contributed by atoms with Crippen molar-refractivity contribution in [3.63, 3.8) is 0 Å². The first-order valence-corrected chi connectivity index (χ1v) is 10.5. The van der Waals surface area contributed by atoms with Crippen molar-refractivity contribution in [3.8, 4) is 23.1 Å². The number of ether oxygens (including phenoxy) is 1. The molecule has 8 nitrogen and oxygen atoms in total. The third-order valence-corrected chi connectivity index (χ3v) is 5.93. The van der Waals surface area contributed by atoms with Crippen LogP contribution in [0.4, 0.5) is 14.5 Å². The van der Waals surface area contributed by atoms with Crippen molar-refractivity contribution in [1.29, 1.82) is 5.26 Å². The topological polar surface area (TPSA) is 92.8 Å². The van der Waals surface area contributed by atoms with E-state index in [1.54, 1.807) is 23.7 Å². The maximum Gasteiger partial charge on any atom is 0.255 e. The normalized spacial score (nSPS) is 17.8. The molecule has 3 aromatic rings. The van der Waals surface area contributed by atoms with Crippen molar-refractivity contribution in [2.75, 3.05) is 18.0 Å². The standard InChI is InChI=1S/C22H21F2N7O/c1-30-13-28-29-21(30)22(24)5-8-31(9-6-22)19-14(11-25)4-7-26-18(19)15-10-17(20(23)27-12-15)32-16-2-3-16/h4,7,10,12-13,16H,2-3,5-6,8-9H2,1H3. The lowest BCUT2D eigenvalue weighted by Gasteiger charge is -2.37. The predicted molar refractivity (Wildman–Crippen MR) is 111 cm³/mol. The summed E-state index contributed by atoms with van der Waals surface area (Å²) < 4.78 is 37.0. The molecule has 2 aliphatic rings. The highest BCUT2D eigenvalue weighted by Crippen LogP contribution is 2.41. The Morgan fingerprint density at radius 1 is 1.25 bits per heavy atom. The summed E-state index contributed by atoms with van der Waals surface area (Å²) in [4.78, 5) is 10.2. The molecule has 10 heteroatoms. The molecule has 0 spiro atoms. The van der Waals surface area contributed by atoms with E-state index in [0.29, 0.717) is 41.4 Å². The second-order valence-corrected chi connectivity index (χ2v) is 8.22. The molecule has 2 fully saturated rings. The van der Waals surface area contributed by atoms with Crippen LogP contribution in [0.15, 0.2) is 30.9 Å². The monoisotopic (exact) mass is 437 g/mol. The number of halogens is 2. The smallest absolute Gasteiger partial charge is 0.255 e. The molecule has 3 aromatic heterocycles. The van der Waals surface area contributed by atoms with Crippen LogP contribution in [0.3, 0.4) is 0 Å². The molecule has 0 unspecified atom stereocenters. The Hall–Kier alpha value is -3.61. The lowest BCUT2D eigenvalue weighted by atomic mass is 9.91. The number of nitrogens with zero attached hydrogens (tertiary/aromatic N) is 7. The number of piperidine rings is 1. The Morgan fingerprint density at radius 3 is 2.69 bits per heavy atom. The molecule has 0 N–H and O–H groups in total. The van der Waals surface area contributed by atoms with Gasteiger partial charge in [0, 0.05) is 50.9 Å². The fourth-order valence-corrected chi connectivity index (χ4v) is 4.08. The summed E-state index contributed by atoms with van der Waals surface area (Å²) in [5.74, 6) is -0.306. The first-order chi connectivity index (χ1) is 15.5. The summed E-state index contributed by atoms with van der Waals surface area (Å²) in [6.45, 7) is 0.716. The van der Waals surface area contributed by atoms with Gasteiger partial charge in [-0.15, -0.1) is 10.2 Å². The van der Waals surface area contributed by atoms with Crippen molar-refractivity contribution in [3.05, 3.63) is 48.2 Å². The molecule has 0 radical (unpaired) electrons. The van der Waals surface area contributed by atoms with Gasteiger partial charge in [-0.25, -0.2) is 9.37 Å². The highest BCUT2D eigenvalue weighted by molar-refractivity contribution is 5.80. The van der Waals surface area contributed by atoms with Crippen molar-refractivity contribution >= 4 is 5.69 Å². The van der Waals surface area contributed by atoms with Crippen LogP contribution in [-0.2, 0) is 12.7 Å². The first-order valence-electron chi connectivity index (χ1n) is 10.5. The largest absolute Gasteiger partial charge is 0.486 e. The van der Waals surface area contributed by atoms with Gasteiger partial charge in [-0.3, -0.25) is 4.98 Å². The predicted octanol–water partition coefficient (Wildman–Crippen LogP) is 3.29. The summed E-state index contributed by atoms with van der Waals surface area (Å²) in [6.07, 6.45) is 6.57. The van der Waals surface area contributed by atoms with E-state index in [4.69, 9.17) is 4.74 Å². The van der Waals surface area contributed by atoms with Crippen LogP contribution in [0.25, 0.3) is 11.3 Å². The molecular weight excluding hydrogens is 416 g/mol. The van der Waals surface area contributed by atoms with Gasteiger partial charge in [0.1, 0.15) is 12.4 Å². The SMILES string of the molecule is Cn1cnnc1C1(F)CCN(c2c(C#N)ccnc2-c2cnc(F)c(OC3CC3)c2)CC1. The molecule has 1 saturated heterocycles. The molecule has 164 valence electrons. The third kappa shape index (κ3) is 3.64. The van der Waals surface area contributed by atoms with Gasteiger partial charge in [-0.2, -0.15) is 9.65 Å². The number of rotatable bonds is 5. The van der Waals surface area contributed by atoms with Gasteiger partial charge >= 0.3 is 0 Å². The van der Waals surface area contributed by atoms with E-state index in [-0.39, 0.29) is 24.7 Å². The zero-order valence-corrected chi connectivity index (χ0v) is 17.5. The van der Waals surface area contributed by atoms with Crippen LogP contribution >= 0.6 is 0 Å². The summed E-state index contributed by atoms with van der Waals surface area (Å²) in [5.41, 5.74) is 0.427. The van der Waals surface area contributed by atoms with Crippen molar-refractivity contribution in [2.45, 2.75) is 37.5 Å². The summed E-state index contributed by atoms with van der Waals surface area (Å²) >= 11 is 0. The number of pyridine rings is 2. The van der Waals surface area contributed by atoms with E-state index in [2.05, 4.69) is 26.2 Å². The number of alkyl halides is 1. The molecule has 5 rings (SSSR count). The number of hydrogen-bond acceptors (Lipinski definition) is 7. The van der Waals surface area contributed by atoms with E-state index in [1.165, 1.54) is 18.7 Å². The molecule has 0 atom stereocenters. The minimum atomic E-state index is -1.60. The zero-order chi connectivity index (χ0) is 22.3. The van der Waals surface area contributed by atoms with Crippen molar-refractivity contribution in [1.82, 2.24) is 24.7 Å². The van der Waals surface area contributed by atoms with E-state index >= 15 is 4.39 Å². The van der Waals surface area contributed by atoms with Crippen molar-refractivity contribution < 1.29 is 13.5 Å². The van der Waals surface area contributed by atoms with Crippen LogP contribution in [0.5, 0.6) is 5.75 Å². The van der Waals surface area contributed by atoms with Crippen LogP contribution < -0.4 is 9.64 Å². The minimum Gasteiger partial charge on any atom is -0.486 e. The lowest BCUT2D eigenvalue weighted by molar-refractivity contribution is 0.109. The minimum absolute atomic E-state index is 0.0137. The Labute approximate surface area is 183 Å². The number of aromatic nitrogens is 5. The second-order valence-electron chi connectivity index (χ2n) is 8.22. The van der Waals surface area contributed by atoms with E-state index in [1.807, 2.05) is 4.90 Å². The molecule has 1 saturated carbocycles. The maximum absolute atomic E-state index is 15.6. The number of anilines is 1. The molecular formula is C22H21F2N7O. The van der Waals surface area contributed by atoms with Crippen LogP contribution in [0, 0.1) is 17.3 Å². The van der Waals surface area contributed by atoms with Crippen LogP contribution in [0.1, 0.15) is 37.1 Å². The Kier molecular flexibility index (Phi) is 4.96. The Morgan fingerprint density at radius 2 is 2.03 bits per heavy atom. The summed E-state index contributed by atoms with van der Waals surface area (Å²) in [6, 6.07) is 5.39. The molecule has 0 aromatic carbocycles. The molecule has 1 aliphatic carbocycles. The number of nitriles is 1. The van der Waals surface area contributed by atoms with Gasteiger partial charge in [-0.1, -0.05) is 0 Å². The Balaban J connectivity index is 1.48. The van der Waals surface area contributed by atoms with Gasteiger partial charge in [0.25, 0.3) is 5.95 Å². The zero-order valence-electron chi connectivity index (χ0n) is 17.5. The van der Waals surface area contributed by atoms with Gasteiger partial charge in [-0.05, 0) is 25.0 Å². The highest BCUT2D eigenvalue weighted by Gasteiger charge is 2.41. The van der Waals surface area contributed by atoms with E-state index in [9.17, 15) is 9.65 Å². The highest BCUT2D eigenvalue weighted by atomic mass is 19.1. The van der Waals surface area contributed by atoms with Gasteiger partial charge in [0.05, 0.1) is 23.0 Å². The van der Waals surface area contributed by atoms with Gasteiger partial charge in [0.2, 0.25) is 0 Å². The fourth-order valence-electron chi connectivity index (χ4n) is 4.08. The van der Waals surface area contributed by atoms with E-state index < -0.39 is 11.6 Å². The van der Waals surface area contributed by atoms with Crippen LogP contribution in [-0.4, -0.2) is 43.9 Å². The van der Waals surface area contributed by atoms with Gasteiger partial charge < -0.3 is 14.2 Å². The number of hydrogen-bond donors (Lipinski definition) is 0. The second kappa shape index (κ2) is 7.82. The van der Waals surface area contributed by atoms with Crippen molar-refractivity contribution in [2.24, 2.45) is 7.05 Å². The first kappa shape index (κ1) is 20.3. The fraction of sp³-hybridized carbons (Fsp3) is 0.409. The average Bonchev–Trinajstić information content (AvgIpc) is 3.51. The van der Waals surface area contributed by atoms with Crippen LogP contribution in [0.2, 0.25) is 0 Å². The Bertz CT molecular complexity index is 1190. The van der Waals surface area contributed by atoms with E-state index in [0.717, 1.165) is 12.8 Å². The van der Waals surface area contributed by atoms with Gasteiger partial charge in [0.15, 0.2) is 17.2 Å². The molecule has 1 aliphatic heterocycles. The number of aryl methyl sites for hydroxylation is 1. The third-order valence-electron chi connectivity index (χ3n) is 5.93. The maximum atomic E-state index is 15.6. The average molecular weight is 437 g/mol. The molecule has 4 heterocycles. The molecule has 0 bridgehead atoms. The summed E-state index contributed by atoms with van der Waals surface area (Å²) in [5, 5.41) is 17.5. The molecule has 0 amide bonds.